The largest absolute Gasteiger partial charge is 0.325 e. The molecule has 0 heterocycles. The van der Waals surface area contributed by atoms with Gasteiger partial charge < -0.3 is 5.73 Å². The Labute approximate surface area is 102 Å². The van der Waals surface area contributed by atoms with Crippen molar-refractivity contribution in [3.05, 3.63) is 29.8 Å². The third-order valence-electron chi connectivity index (χ3n) is 3.75. The summed E-state index contributed by atoms with van der Waals surface area (Å²) in [5, 5.41) is 0.870. The molecule has 2 heteroatoms. The molecule has 2 aliphatic rings. The first kappa shape index (κ1) is 10.7. The number of hydrogen-bond acceptors (Lipinski definition) is 2. The molecule has 0 radical (unpaired) electrons. The zero-order chi connectivity index (χ0) is 11.0. The molecule has 1 aromatic carbocycles. The lowest BCUT2D eigenvalue weighted by molar-refractivity contribution is 0.522. The van der Waals surface area contributed by atoms with E-state index < -0.39 is 0 Å². The summed E-state index contributed by atoms with van der Waals surface area (Å²) in [6.07, 6.45) is 7.69. The van der Waals surface area contributed by atoms with Gasteiger partial charge in [-0.15, -0.1) is 11.8 Å². The van der Waals surface area contributed by atoms with Crippen molar-refractivity contribution in [3.63, 3.8) is 0 Å². The van der Waals surface area contributed by atoms with Crippen LogP contribution in [0.25, 0.3) is 0 Å². The second-order valence-electron chi connectivity index (χ2n) is 5.32. The van der Waals surface area contributed by atoms with Crippen molar-refractivity contribution in [1.82, 2.24) is 0 Å². The predicted octanol–water partition coefficient (Wildman–Crippen LogP) is 3.37. The Kier molecular flexibility index (Phi) is 2.72. The highest BCUT2D eigenvalue weighted by atomic mass is 32.2. The van der Waals surface area contributed by atoms with Crippen LogP contribution in [-0.2, 0) is 6.42 Å². The van der Waals surface area contributed by atoms with Gasteiger partial charge in [-0.25, -0.2) is 0 Å². The number of nitrogens with two attached hydrogens (primary N) is 1. The van der Waals surface area contributed by atoms with Gasteiger partial charge in [0.1, 0.15) is 0 Å². The molecule has 86 valence electrons. The first-order valence-electron chi connectivity index (χ1n) is 6.29. The number of rotatable bonds is 4. The number of benzene rings is 1. The van der Waals surface area contributed by atoms with E-state index in [9.17, 15) is 0 Å². The van der Waals surface area contributed by atoms with Gasteiger partial charge in [-0.3, -0.25) is 0 Å². The van der Waals surface area contributed by atoms with Gasteiger partial charge in [-0.2, -0.15) is 0 Å². The Morgan fingerprint density at radius 1 is 1.25 bits per heavy atom. The maximum atomic E-state index is 6.22. The summed E-state index contributed by atoms with van der Waals surface area (Å²) in [6.45, 7) is 0. The van der Waals surface area contributed by atoms with E-state index in [0.29, 0.717) is 0 Å². The Bertz CT molecular complexity index is 380. The van der Waals surface area contributed by atoms with E-state index in [1.807, 2.05) is 0 Å². The molecule has 3 rings (SSSR count). The molecular formula is C14H19NS. The van der Waals surface area contributed by atoms with Crippen LogP contribution in [0.5, 0.6) is 0 Å². The fourth-order valence-corrected chi connectivity index (χ4v) is 3.53. The maximum absolute atomic E-state index is 6.22. The predicted molar refractivity (Wildman–Crippen MR) is 69.8 cm³/mol. The highest BCUT2D eigenvalue weighted by molar-refractivity contribution is 8.00. The van der Waals surface area contributed by atoms with Gasteiger partial charge in [0.15, 0.2) is 0 Å². The van der Waals surface area contributed by atoms with E-state index in [0.717, 1.165) is 11.7 Å². The van der Waals surface area contributed by atoms with Crippen molar-refractivity contribution in [2.75, 3.05) is 0 Å². The zero-order valence-electron chi connectivity index (χ0n) is 9.61. The summed E-state index contributed by atoms with van der Waals surface area (Å²) in [5.74, 6) is 0. The Balaban J connectivity index is 1.74. The van der Waals surface area contributed by atoms with E-state index in [2.05, 4.69) is 36.0 Å². The molecule has 2 N–H and O–H groups in total. The van der Waals surface area contributed by atoms with Gasteiger partial charge in [0.2, 0.25) is 0 Å². The van der Waals surface area contributed by atoms with Crippen LogP contribution in [0.15, 0.2) is 29.2 Å². The molecule has 0 aromatic heterocycles. The minimum absolute atomic E-state index is 0.135. The molecule has 1 aromatic rings. The molecule has 2 fully saturated rings. The lowest BCUT2D eigenvalue weighted by Crippen LogP contribution is -2.25. The molecular weight excluding hydrogens is 214 g/mol. The number of thioether (sulfide) groups is 1. The summed E-state index contributed by atoms with van der Waals surface area (Å²) in [5.41, 5.74) is 7.82. The molecule has 0 amide bonds. The molecule has 0 bridgehead atoms. The summed E-state index contributed by atoms with van der Waals surface area (Å²) < 4.78 is 0. The SMILES string of the molecule is NC1(Cc2ccccc2SC2CCC2)CC1. The lowest BCUT2D eigenvalue weighted by Gasteiger charge is -2.26. The van der Waals surface area contributed by atoms with E-state index in [-0.39, 0.29) is 5.54 Å². The standard InChI is InChI=1S/C14H19NS/c15-14(8-9-14)10-11-4-1-2-7-13(11)16-12-5-3-6-12/h1-2,4,7,12H,3,5-6,8-10,15H2. The van der Waals surface area contributed by atoms with Crippen LogP contribution < -0.4 is 5.73 Å². The average Bonchev–Trinajstić information content (AvgIpc) is 2.92. The van der Waals surface area contributed by atoms with Crippen molar-refractivity contribution in [2.24, 2.45) is 5.73 Å². The molecule has 16 heavy (non-hydrogen) atoms. The smallest absolute Gasteiger partial charge is 0.0196 e. The third-order valence-corrected chi connectivity index (χ3v) is 5.21. The van der Waals surface area contributed by atoms with Gasteiger partial charge in [0, 0.05) is 15.7 Å². The quantitative estimate of drug-likeness (QED) is 0.863. The molecule has 2 saturated carbocycles. The highest BCUT2D eigenvalue weighted by Crippen LogP contribution is 2.41. The molecule has 2 aliphatic carbocycles. The van der Waals surface area contributed by atoms with E-state index in [1.54, 1.807) is 0 Å². The highest BCUT2D eigenvalue weighted by Gasteiger charge is 2.38. The van der Waals surface area contributed by atoms with Crippen LogP contribution in [0.1, 0.15) is 37.7 Å². The van der Waals surface area contributed by atoms with Crippen molar-refractivity contribution in [1.29, 1.82) is 0 Å². The van der Waals surface area contributed by atoms with Crippen LogP contribution in [0.3, 0.4) is 0 Å². The van der Waals surface area contributed by atoms with Gasteiger partial charge >= 0.3 is 0 Å². The first-order chi connectivity index (χ1) is 7.75. The Morgan fingerprint density at radius 2 is 2.00 bits per heavy atom. The summed E-state index contributed by atoms with van der Waals surface area (Å²) >= 11 is 2.07. The van der Waals surface area contributed by atoms with Crippen molar-refractivity contribution in [2.45, 2.75) is 54.2 Å². The van der Waals surface area contributed by atoms with Crippen LogP contribution in [0, 0.1) is 0 Å². The molecule has 0 unspecified atom stereocenters. The van der Waals surface area contributed by atoms with Crippen molar-refractivity contribution in [3.8, 4) is 0 Å². The maximum Gasteiger partial charge on any atom is 0.0196 e. The Hall–Kier alpha value is -0.470. The molecule has 0 atom stereocenters. The zero-order valence-corrected chi connectivity index (χ0v) is 10.4. The monoisotopic (exact) mass is 233 g/mol. The van der Waals surface area contributed by atoms with Gasteiger partial charge in [0.25, 0.3) is 0 Å². The summed E-state index contributed by atoms with van der Waals surface area (Å²) in [7, 11) is 0. The molecule has 0 aliphatic heterocycles. The average molecular weight is 233 g/mol. The van der Waals surface area contributed by atoms with Crippen LogP contribution in [0.2, 0.25) is 0 Å². The topological polar surface area (TPSA) is 26.0 Å². The van der Waals surface area contributed by atoms with Crippen LogP contribution in [0.4, 0.5) is 0 Å². The minimum Gasteiger partial charge on any atom is -0.325 e. The normalized spacial score (nSPS) is 22.8. The lowest BCUT2D eigenvalue weighted by atomic mass is 10.00. The minimum atomic E-state index is 0.135. The van der Waals surface area contributed by atoms with Crippen LogP contribution >= 0.6 is 11.8 Å². The fraction of sp³-hybridized carbons (Fsp3) is 0.571. The van der Waals surface area contributed by atoms with E-state index >= 15 is 0 Å². The van der Waals surface area contributed by atoms with Crippen LogP contribution in [-0.4, -0.2) is 10.8 Å². The molecule has 0 saturated heterocycles. The van der Waals surface area contributed by atoms with Crippen molar-refractivity contribution >= 4 is 11.8 Å². The summed E-state index contributed by atoms with van der Waals surface area (Å²) in [6, 6.07) is 8.82. The molecule has 0 spiro atoms. The van der Waals surface area contributed by atoms with E-state index in [1.165, 1.54) is 42.6 Å². The Morgan fingerprint density at radius 3 is 2.62 bits per heavy atom. The van der Waals surface area contributed by atoms with Gasteiger partial charge in [0.05, 0.1) is 0 Å². The summed E-state index contributed by atoms with van der Waals surface area (Å²) in [4.78, 5) is 1.48. The van der Waals surface area contributed by atoms with Gasteiger partial charge in [-0.1, -0.05) is 24.6 Å². The molecule has 1 nitrogen and oxygen atoms in total. The second kappa shape index (κ2) is 4.08. The fourth-order valence-electron chi connectivity index (χ4n) is 2.15. The third kappa shape index (κ3) is 2.28. The first-order valence-corrected chi connectivity index (χ1v) is 7.17. The number of hydrogen-bond donors (Lipinski definition) is 1. The van der Waals surface area contributed by atoms with Crippen molar-refractivity contribution < 1.29 is 0 Å². The van der Waals surface area contributed by atoms with Gasteiger partial charge in [-0.05, 0) is 43.7 Å². The van der Waals surface area contributed by atoms with E-state index in [4.69, 9.17) is 5.73 Å². The second-order valence-corrected chi connectivity index (χ2v) is 6.66.